The number of nitrogens with zero attached hydrogens (tertiary/aromatic N) is 3. The molecule has 1 aromatic carbocycles. The van der Waals surface area contributed by atoms with Gasteiger partial charge >= 0.3 is 0 Å². The van der Waals surface area contributed by atoms with E-state index in [4.69, 9.17) is 10.5 Å². The van der Waals surface area contributed by atoms with Crippen LogP contribution in [-0.4, -0.2) is 42.1 Å². The number of anilines is 2. The van der Waals surface area contributed by atoms with Crippen molar-refractivity contribution in [1.29, 1.82) is 0 Å². The summed E-state index contributed by atoms with van der Waals surface area (Å²) in [5.74, 6) is 1.37. The van der Waals surface area contributed by atoms with E-state index in [1.54, 1.807) is 18.6 Å². The molecule has 0 unspecified atom stereocenters. The Morgan fingerprint density at radius 2 is 1.90 bits per heavy atom. The van der Waals surface area contributed by atoms with Gasteiger partial charge in [0, 0.05) is 48.7 Å². The first-order valence-electron chi connectivity index (χ1n) is 9.90. The van der Waals surface area contributed by atoms with Gasteiger partial charge < -0.3 is 20.7 Å². The highest BCUT2D eigenvalue weighted by atomic mass is 16.5. The number of carbonyl (C=O) groups excluding carboxylic acids is 1. The molecule has 0 saturated carbocycles. The molecule has 0 bridgehead atoms. The van der Waals surface area contributed by atoms with E-state index in [1.807, 2.05) is 36.4 Å². The van der Waals surface area contributed by atoms with Crippen LogP contribution in [0.2, 0.25) is 0 Å². The number of ether oxygens (including phenoxy) is 1. The Bertz CT molecular complexity index is 972. The quantitative estimate of drug-likeness (QED) is 0.609. The summed E-state index contributed by atoms with van der Waals surface area (Å²) in [6.45, 7) is 2.65. The highest BCUT2D eigenvalue weighted by Gasteiger charge is 2.24. The number of carbonyl (C=O) groups is 1. The lowest BCUT2D eigenvalue weighted by molar-refractivity contribution is -0.125. The smallest absolute Gasteiger partial charge is 0.223 e. The van der Waals surface area contributed by atoms with Crippen molar-refractivity contribution in [1.82, 2.24) is 15.3 Å². The number of nitrogens with two attached hydrogens (primary N) is 1. The maximum atomic E-state index is 12.5. The van der Waals surface area contributed by atoms with E-state index in [0.717, 1.165) is 42.5 Å². The number of amides is 1. The van der Waals surface area contributed by atoms with Gasteiger partial charge in [0.1, 0.15) is 18.2 Å². The van der Waals surface area contributed by atoms with Gasteiger partial charge in [0.05, 0.1) is 6.54 Å². The molecule has 2 aromatic heterocycles. The molecular weight excluding hydrogens is 378 g/mol. The Labute approximate surface area is 177 Å². The van der Waals surface area contributed by atoms with Crippen molar-refractivity contribution >= 4 is 28.2 Å². The van der Waals surface area contributed by atoms with Crippen molar-refractivity contribution in [2.45, 2.75) is 20.3 Å². The Morgan fingerprint density at radius 3 is 2.67 bits per heavy atom. The lowest BCUT2D eigenvalue weighted by Gasteiger charge is -2.32. The van der Waals surface area contributed by atoms with Gasteiger partial charge in [-0.3, -0.25) is 9.78 Å². The summed E-state index contributed by atoms with van der Waals surface area (Å²) >= 11 is 0. The second-order valence-corrected chi connectivity index (χ2v) is 7.19. The summed E-state index contributed by atoms with van der Waals surface area (Å²) < 4.78 is 5.77. The van der Waals surface area contributed by atoms with Gasteiger partial charge in [0.15, 0.2) is 0 Å². The first kappa shape index (κ1) is 21.4. The Morgan fingerprint density at radius 1 is 1.13 bits per heavy atom. The summed E-state index contributed by atoms with van der Waals surface area (Å²) in [6, 6.07) is 11.7. The van der Waals surface area contributed by atoms with Crippen LogP contribution >= 0.6 is 0 Å². The summed E-state index contributed by atoms with van der Waals surface area (Å²) in [7, 11) is 0. The summed E-state index contributed by atoms with van der Waals surface area (Å²) in [4.78, 5) is 22.9. The number of nitrogen functional groups attached to an aromatic ring is 1. The third kappa shape index (κ3) is 4.97. The molecule has 1 amide bonds. The van der Waals surface area contributed by atoms with Crippen LogP contribution in [0.4, 0.5) is 11.5 Å². The molecule has 30 heavy (non-hydrogen) atoms. The number of piperidine rings is 1. The summed E-state index contributed by atoms with van der Waals surface area (Å²) in [5.41, 5.74) is 7.08. The highest BCUT2D eigenvalue weighted by Crippen LogP contribution is 2.24. The van der Waals surface area contributed by atoms with Crippen molar-refractivity contribution in [3.63, 3.8) is 0 Å². The van der Waals surface area contributed by atoms with Crippen molar-refractivity contribution in [3.05, 3.63) is 55.0 Å². The maximum Gasteiger partial charge on any atom is 0.223 e. The molecule has 0 aliphatic carbocycles. The van der Waals surface area contributed by atoms with Crippen LogP contribution in [-0.2, 0) is 4.79 Å². The molecule has 0 atom stereocenters. The zero-order valence-electron chi connectivity index (χ0n) is 16.3. The number of hydrogen-bond donors (Lipinski definition) is 2. The van der Waals surface area contributed by atoms with Gasteiger partial charge in [0.25, 0.3) is 0 Å². The maximum absolute atomic E-state index is 12.5. The van der Waals surface area contributed by atoms with Crippen LogP contribution in [0.15, 0.2) is 55.0 Å². The van der Waals surface area contributed by atoms with E-state index in [1.165, 1.54) is 5.69 Å². The summed E-state index contributed by atoms with van der Waals surface area (Å²) in [6.07, 6.45) is 7.00. The van der Waals surface area contributed by atoms with Crippen molar-refractivity contribution in [3.8, 4) is 5.75 Å². The molecule has 3 aromatic rings. The van der Waals surface area contributed by atoms with Gasteiger partial charge in [-0.05, 0) is 48.6 Å². The minimum absolute atomic E-state index is 0. The number of rotatable bonds is 6. The van der Waals surface area contributed by atoms with E-state index >= 15 is 0 Å². The molecule has 7 heteroatoms. The molecule has 3 N–H and O–H groups in total. The van der Waals surface area contributed by atoms with Crippen LogP contribution in [0.25, 0.3) is 10.8 Å². The largest absolute Gasteiger partial charge is 0.492 e. The lowest BCUT2D eigenvalue weighted by Crippen LogP contribution is -2.41. The molecule has 0 spiro atoms. The van der Waals surface area contributed by atoms with E-state index in [9.17, 15) is 4.79 Å². The van der Waals surface area contributed by atoms with E-state index in [-0.39, 0.29) is 19.3 Å². The van der Waals surface area contributed by atoms with Crippen LogP contribution in [0.5, 0.6) is 5.75 Å². The molecular formula is C23H29N5O2. The van der Waals surface area contributed by atoms with Gasteiger partial charge in [0.2, 0.25) is 5.91 Å². The predicted octanol–water partition coefficient (Wildman–Crippen LogP) is 3.26. The second kappa shape index (κ2) is 9.91. The third-order valence-electron chi connectivity index (χ3n) is 5.33. The normalized spacial score (nSPS) is 14.2. The topological polar surface area (TPSA) is 93.4 Å². The fourth-order valence-electron chi connectivity index (χ4n) is 3.70. The summed E-state index contributed by atoms with van der Waals surface area (Å²) in [5, 5.41) is 4.89. The fourth-order valence-corrected chi connectivity index (χ4v) is 3.70. The molecule has 4 rings (SSSR count). The first-order chi connectivity index (χ1) is 14.2. The Kier molecular flexibility index (Phi) is 7.06. The SMILES string of the molecule is C.Nc1nccc2ccc(OCCNC(=O)C3CCN(c4ccncc4)CC3)cc12. The number of benzene rings is 1. The van der Waals surface area contributed by atoms with Crippen LogP contribution in [0, 0.1) is 5.92 Å². The number of nitrogens with one attached hydrogen (secondary N) is 1. The average Bonchev–Trinajstić information content (AvgIpc) is 2.78. The van der Waals surface area contributed by atoms with Crippen LogP contribution < -0.4 is 20.7 Å². The lowest BCUT2D eigenvalue weighted by atomic mass is 9.95. The van der Waals surface area contributed by atoms with E-state index < -0.39 is 0 Å². The second-order valence-electron chi connectivity index (χ2n) is 7.19. The fraction of sp³-hybridized carbons (Fsp3) is 0.348. The van der Waals surface area contributed by atoms with Gasteiger partial charge in [-0.2, -0.15) is 0 Å². The molecule has 0 radical (unpaired) electrons. The van der Waals surface area contributed by atoms with E-state index in [2.05, 4.69) is 20.2 Å². The Balaban J connectivity index is 0.00000256. The van der Waals surface area contributed by atoms with Crippen molar-refractivity contribution < 1.29 is 9.53 Å². The van der Waals surface area contributed by atoms with Gasteiger partial charge in [-0.25, -0.2) is 4.98 Å². The predicted molar refractivity (Wildman–Crippen MR) is 121 cm³/mol. The van der Waals surface area contributed by atoms with Gasteiger partial charge in [-0.1, -0.05) is 13.5 Å². The van der Waals surface area contributed by atoms with Gasteiger partial charge in [-0.15, -0.1) is 0 Å². The minimum Gasteiger partial charge on any atom is -0.492 e. The van der Waals surface area contributed by atoms with Crippen LogP contribution in [0.3, 0.4) is 0 Å². The molecule has 1 saturated heterocycles. The van der Waals surface area contributed by atoms with Crippen LogP contribution in [0.1, 0.15) is 20.3 Å². The molecule has 158 valence electrons. The molecule has 1 aliphatic rings. The third-order valence-corrected chi connectivity index (χ3v) is 5.33. The number of hydrogen-bond acceptors (Lipinski definition) is 6. The zero-order chi connectivity index (χ0) is 20.1. The van der Waals surface area contributed by atoms with Crippen molar-refractivity contribution in [2.24, 2.45) is 5.92 Å². The number of fused-ring (bicyclic) bond motifs is 1. The monoisotopic (exact) mass is 407 g/mol. The molecule has 7 nitrogen and oxygen atoms in total. The number of pyridine rings is 2. The standard InChI is InChI=1S/C22H25N5O2.CH4/c23-21-20-15-19(2-1-16(20)3-10-25-21)29-14-11-26-22(28)17-6-12-27(13-7-17)18-4-8-24-9-5-18;/h1-5,8-10,15,17H,6-7,11-14H2,(H2,23,25)(H,26,28);1H4. The van der Waals surface area contributed by atoms with E-state index in [0.29, 0.717) is 19.0 Å². The molecule has 1 fully saturated rings. The first-order valence-corrected chi connectivity index (χ1v) is 9.90. The molecule has 1 aliphatic heterocycles. The molecule has 3 heterocycles. The van der Waals surface area contributed by atoms with Crippen molar-refractivity contribution in [2.75, 3.05) is 36.9 Å². The Hall–Kier alpha value is -3.35. The average molecular weight is 408 g/mol. The zero-order valence-corrected chi connectivity index (χ0v) is 16.3. The number of aromatic nitrogens is 2. The highest BCUT2D eigenvalue weighted by molar-refractivity contribution is 5.91. The minimum atomic E-state index is 0.